The van der Waals surface area contributed by atoms with Gasteiger partial charge in [-0.05, 0) is 43.4 Å². The molecular formula is C12H18ClNO. The minimum atomic E-state index is 0. The first-order valence-electron chi connectivity index (χ1n) is 5.24. The van der Waals surface area contributed by atoms with Gasteiger partial charge in [-0.15, -0.1) is 12.4 Å². The van der Waals surface area contributed by atoms with Gasteiger partial charge in [0.1, 0.15) is 5.75 Å². The van der Waals surface area contributed by atoms with Crippen LogP contribution < -0.4 is 10.5 Å². The summed E-state index contributed by atoms with van der Waals surface area (Å²) in [5.74, 6) is 1.77. The molecule has 2 rings (SSSR count). The van der Waals surface area contributed by atoms with Gasteiger partial charge in [-0.3, -0.25) is 0 Å². The molecule has 0 amide bonds. The Kier molecular flexibility index (Phi) is 4.43. The summed E-state index contributed by atoms with van der Waals surface area (Å²) in [5.41, 5.74) is 6.91. The van der Waals surface area contributed by atoms with Gasteiger partial charge in [-0.2, -0.15) is 0 Å². The van der Waals surface area contributed by atoms with Crippen LogP contribution in [-0.4, -0.2) is 6.61 Å². The molecule has 0 bridgehead atoms. The van der Waals surface area contributed by atoms with Crippen molar-refractivity contribution in [3.8, 4) is 5.75 Å². The Morgan fingerprint density at radius 2 is 1.93 bits per heavy atom. The largest absolute Gasteiger partial charge is 0.493 e. The second-order valence-electron chi connectivity index (χ2n) is 4.11. The fraction of sp³-hybridized carbons (Fsp3) is 0.500. The van der Waals surface area contributed by atoms with Crippen LogP contribution in [0.5, 0.6) is 5.75 Å². The summed E-state index contributed by atoms with van der Waals surface area (Å²) in [6.45, 7) is 2.86. The second-order valence-corrected chi connectivity index (χ2v) is 4.11. The van der Waals surface area contributed by atoms with Crippen LogP contribution >= 0.6 is 12.4 Å². The van der Waals surface area contributed by atoms with Crippen LogP contribution in [0.3, 0.4) is 0 Å². The maximum absolute atomic E-state index is 5.76. The van der Waals surface area contributed by atoms with Gasteiger partial charge < -0.3 is 10.5 Å². The standard InChI is InChI=1S/C12H17NO.ClH/c1-9(13)11-4-6-12(7-5-11)14-8-10-2-3-10;/h4-7,9-10H,2-3,8,13H2,1H3;1H. The molecule has 0 heterocycles. The highest BCUT2D eigenvalue weighted by Crippen LogP contribution is 2.29. The first-order valence-corrected chi connectivity index (χ1v) is 5.24. The molecule has 84 valence electrons. The van der Waals surface area contributed by atoms with Crippen molar-refractivity contribution in [2.75, 3.05) is 6.61 Å². The zero-order valence-electron chi connectivity index (χ0n) is 8.98. The normalized spacial score (nSPS) is 16.7. The van der Waals surface area contributed by atoms with E-state index in [1.54, 1.807) is 0 Å². The van der Waals surface area contributed by atoms with Gasteiger partial charge in [0, 0.05) is 6.04 Å². The topological polar surface area (TPSA) is 35.2 Å². The van der Waals surface area contributed by atoms with Gasteiger partial charge in [0.05, 0.1) is 6.61 Å². The molecule has 3 heteroatoms. The van der Waals surface area contributed by atoms with E-state index in [2.05, 4.69) is 0 Å². The SMILES string of the molecule is CC(N)c1ccc(OCC2CC2)cc1.Cl. The van der Waals surface area contributed by atoms with Crippen molar-refractivity contribution in [1.82, 2.24) is 0 Å². The number of hydrogen-bond acceptors (Lipinski definition) is 2. The van der Waals surface area contributed by atoms with Crippen LogP contribution in [0.15, 0.2) is 24.3 Å². The van der Waals surface area contributed by atoms with Gasteiger partial charge in [-0.1, -0.05) is 12.1 Å². The predicted octanol–water partition coefficient (Wildman–Crippen LogP) is 2.92. The van der Waals surface area contributed by atoms with Gasteiger partial charge in [0.2, 0.25) is 0 Å². The van der Waals surface area contributed by atoms with Crippen molar-refractivity contribution >= 4 is 12.4 Å². The maximum atomic E-state index is 5.76. The molecule has 1 aliphatic rings. The molecule has 1 saturated carbocycles. The summed E-state index contributed by atoms with van der Waals surface area (Å²) in [6.07, 6.45) is 2.66. The molecule has 0 spiro atoms. The van der Waals surface area contributed by atoms with Crippen LogP contribution in [0.1, 0.15) is 31.4 Å². The molecule has 0 aromatic heterocycles. The first kappa shape index (κ1) is 12.3. The molecule has 1 atom stereocenters. The van der Waals surface area contributed by atoms with Gasteiger partial charge in [0.15, 0.2) is 0 Å². The third-order valence-corrected chi connectivity index (χ3v) is 2.59. The molecule has 2 N–H and O–H groups in total. The maximum Gasteiger partial charge on any atom is 0.119 e. The molecule has 1 aromatic carbocycles. The number of benzene rings is 1. The smallest absolute Gasteiger partial charge is 0.119 e. The van der Waals surface area contributed by atoms with E-state index in [0.29, 0.717) is 0 Å². The summed E-state index contributed by atoms with van der Waals surface area (Å²) in [4.78, 5) is 0. The highest BCUT2D eigenvalue weighted by atomic mass is 35.5. The lowest BCUT2D eigenvalue weighted by Gasteiger charge is -2.08. The molecule has 2 nitrogen and oxygen atoms in total. The summed E-state index contributed by atoms with van der Waals surface area (Å²) in [6, 6.07) is 8.18. The zero-order chi connectivity index (χ0) is 9.97. The Morgan fingerprint density at radius 1 is 1.33 bits per heavy atom. The molecule has 0 aliphatic heterocycles. The highest BCUT2D eigenvalue weighted by Gasteiger charge is 2.21. The van der Waals surface area contributed by atoms with Crippen LogP contribution in [0.25, 0.3) is 0 Å². The minimum absolute atomic E-state index is 0. The first-order chi connectivity index (χ1) is 6.75. The minimum Gasteiger partial charge on any atom is -0.493 e. The Labute approximate surface area is 97.2 Å². The van der Waals surface area contributed by atoms with E-state index in [1.165, 1.54) is 12.8 Å². The van der Waals surface area contributed by atoms with E-state index in [4.69, 9.17) is 10.5 Å². The molecule has 0 radical (unpaired) electrons. The quantitative estimate of drug-likeness (QED) is 0.859. The fourth-order valence-electron chi connectivity index (χ4n) is 1.37. The lowest BCUT2D eigenvalue weighted by molar-refractivity contribution is 0.299. The molecule has 1 fully saturated rings. The molecule has 0 saturated heterocycles. The summed E-state index contributed by atoms with van der Waals surface area (Å²) < 4.78 is 5.62. The third-order valence-electron chi connectivity index (χ3n) is 2.59. The number of halogens is 1. The van der Waals surface area contributed by atoms with Crippen LogP contribution in [0.2, 0.25) is 0 Å². The van der Waals surface area contributed by atoms with Crippen LogP contribution in [-0.2, 0) is 0 Å². The molecular weight excluding hydrogens is 210 g/mol. The third kappa shape index (κ3) is 3.73. The average Bonchev–Trinajstić information content (AvgIpc) is 2.99. The van der Waals surface area contributed by atoms with E-state index in [0.717, 1.165) is 23.8 Å². The van der Waals surface area contributed by atoms with Crippen LogP contribution in [0, 0.1) is 5.92 Å². The number of nitrogens with two attached hydrogens (primary N) is 1. The lowest BCUT2D eigenvalue weighted by Crippen LogP contribution is -2.05. The van der Waals surface area contributed by atoms with E-state index < -0.39 is 0 Å². The van der Waals surface area contributed by atoms with Crippen molar-refractivity contribution in [3.05, 3.63) is 29.8 Å². The summed E-state index contributed by atoms with van der Waals surface area (Å²) >= 11 is 0. The van der Waals surface area contributed by atoms with Gasteiger partial charge in [0.25, 0.3) is 0 Å². The Bertz CT molecular complexity index is 293. The highest BCUT2D eigenvalue weighted by molar-refractivity contribution is 5.85. The lowest BCUT2D eigenvalue weighted by atomic mass is 10.1. The predicted molar refractivity (Wildman–Crippen MR) is 64.5 cm³/mol. The van der Waals surface area contributed by atoms with Crippen molar-refractivity contribution in [2.24, 2.45) is 11.7 Å². The van der Waals surface area contributed by atoms with Crippen molar-refractivity contribution < 1.29 is 4.74 Å². The number of hydrogen-bond donors (Lipinski definition) is 1. The van der Waals surface area contributed by atoms with E-state index in [9.17, 15) is 0 Å². The molecule has 1 unspecified atom stereocenters. The molecule has 1 aromatic rings. The fourth-order valence-corrected chi connectivity index (χ4v) is 1.37. The van der Waals surface area contributed by atoms with Gasteiger partial charge in [-0.25, -0.2) is 0 Å². The Morgan fingerprint density at radius 3 is 2.40 bits per heavy atom. The van der Waals surface area contributed by atoms with Crippen molar-refractivity contribution in [2.45, 2.75) is 25.8 Å². The van der Waals surface area contributed by atoms with Gasteiger partial charge >= 0.3 is 0 Å². The van der Waals surface area contributed by atoms with E-state index in [1.807, 2.05) is 31.2 Å². The molecule has 1 aliphatic carbocycles. The number of rotatable bonds is 4. The Hall–Kier alpha value is -0.730. The van der Waals surface area contributed by atoms with E-state index >= 15 is 0 Å². The van der Waals surface area contributed by atoms with E-state index in [-0.39, 0.29) is 18.4 Å². The van der Waals surface area contributed by atoms with Crippen molar-refractivity contribution in [3.63, 3.8) is 0 Å². The number of ether oxygens (including phenoxy) is 1. The Balaban J connectivity index is 0.00000112. The summed E-state index contributed by atoms with van der Waals surface area (Å²) in [5, 5.41) is 0. The second kappa shape index (κ2) is 5.38. The monoisotopic (exact) mass is 227 g/mol. The summed E-state index contributed by atoms with van der Waals surface area (Å²) in [7, 11) is 0. The molecule has 15 heavy (non-hydrogen) atoms. The van der Waals surface area contributed by atoms with Crippen molar-refractivity contribution in [1.29, 1.82) is 0 Å². The average molecular weight is 228 g/mol. The zero-order valence-corrected chi connectivity index (χ0v) is 9.80. The van der Waals surface area contributed by atoms with Crippen LogP contribution in [0.4, 0.5) is 0 Å².